The fraction of sp³-hybridized carbons (Fsp3) is 0.500. The van der Waals surface area contributed by atoms with Crippen molar-refractivity contribution in [3.8, 4) is 0 Å². The van der Waals surface area contributed by atoms with Crippen molar-refractivity contribution in [3.63, 3.8) is 0 Å². The van der Waals surface area contributed by atoms with Crippen molar-refractivity contribution in [2.75, 3.05) is 13.1 Å². The number of benzene rings is 1. The van der Waals surface area contributed by atoms with E-state index in [1.807, 2.05) is 23.2 Å². The summed E-state index contributed by atoms with van der Waals surface area (Å²) in [7, 11) is 0. The Bertz CT molecular complexity index is 1010. The number of carbonyl (C=O) groups excluding carboxylic acids is 1. The Hall–Kier alpha value is -2.36. The summed E-state index contributed by atoms with van der Waals surface area (Å²) < 4.78 is 2.11. The highest BCUT2D eigenvalue weighted by molar-refractivity contribution is 5.98. The maximum Gasteiger partial charge on any atom is 0.259 e. The van der Waals surface area contributed by atoms with Crippen LogP contribution in [0, 0.1) is 5.92 Å². The topological polar surface area (TPSA) is 42.3 Å². The number of hydrogen-bond acceptors (Lipinski definition) is 2. The molecule has 4 heteroatoms. The molecule has 0 spiro atoms. The number of para-hydroxylation sites is 1. The number of carbonyl (C=O) groups is 1. The van der Waals surface area contributed by atoms with Gasteiger partial charge in [0.2, 0.25) is 5.43 Å². The molecule has 2 heterocycles. The Morgan fingerprint density at radius 2 is 2.07 bits per heavy atom. The van der Waals surface area contributed by atoms with Gasteiger partial charge < -0.3 is 9.47 Å². The van der Waals surface area contributed by atoms with E-state index in [1.54, 1.807) is 0 Å². The second-order valence-corrected chi connectivity index (χ2v) is 8.68. The minimum Gasteiger partial charge on any atom is -0.346 e. The van der Waals surface area contributed by atoms with Crippen molar-refractivity contribution in [3.05, 3.63) is 57.4 Å². The molecule has 146 valence electrons. The number of rotatable bonds is 6. The minimum atomic E-state index is -0.0994. The first-order valence-corrected chi connectivity index (χ1v) is 10.8. The van der Waals surface area contributed by atoms with E-state index in [0.717, 1.165) is 44.4 Å². The normalized spacial score (nSPS) is 18.4. The molecule has 1 aromatic heterocycles. The first-order chi connectivity index (χ1) is 13.7. The molecule has 2 aromatic rings. The van der Waals surface area contributed by atoms with Crippen molar-refractivity contribution >= 4 is 16.8 Å². The third-order valence-electron chi connectivity index (χ3n) is 6.58. The fourth-order valence-electron chi connectivity index (χ4n) is 4.78. The van der Waals surface area contributed by atoms with Crippen molar-refractivity contribution in [1.29, 1.82) is 0 Å². The van der Waals surface area contributed by atoms with Gasteiger partial charge in [0.05, 0.1) is 5.52 Å². The Morgan fingerprint density at radius 3 is 2.86 bits per heavy atom. The zero-order valence-electron chi connectivity index (χ0n) is 16.5. The molecule has 2 aliphatic carbocycles. The predicted molar refractivity (Wildman–Crippen MR) is 112 cm³/mol. The molecular formula is C24H28N2O2. The van der Waals surface area contributed by atoms with E-state index in [9.17, 15) is 9.59 Å². The summed E-state index contributed by atoms with van der Waals surface area (Å²) in [6, 6.07) is 5.91. The van der Waals surface area contributed by atoms with Crippen LogP contribution in [0.3, 0.4) is 0 Å². The molecule has 28 heavy (non-hydrogen) atoms. The second-order valence-electron chi connectivity index (χ2n) is 8.68. The smallest absolute Gasteiger partial charge is 0.259 e. The largest absolute Gasteiger partial charge is 0.346 e. The molecule has 1 aliphatic heterocycles. The van der Waals surface area contributed by atoms with Gasteiger partial charge in [-0.05, 0) is 68.9 Å². The molecule has 1 saturated carbocycles. The number of aryl methyl sites for hydroxylation is 2. The van der Waals surface area contributed by atoms with Gasteiger partial charge >= 0.3 is 0 Å². The van der Waals surface area contributed by atoms with Crippen LogP contribution in [0.15, 0.2) is 40.8 Å². The van der Waals surface area contributed by atoms with Crippen LogP contribution in [-0.2, 0) is 13.0 Å². The summed E-state index contributed by atoms with van der Waals surface area (Å²) in [4.78, 5) is 28.5. The molecule has 0 N–H and O–H groups in total. The maximum absolute atomic E-state index is 13.4. The van der Waals surface area contributed by atoms with Gasteiger partial charge in [0.15, 0.2) is 0 Å². The van der Waals surface area contributed by atoms with Crippen LogP contribution in [0.5, 0.6) is 0 Å². The van der Waals surface area contributed by atoms with Gasteiger partial charge in [-0.15, -0.1) is 0 Å². The van der Waals surface area contributed by atoms with Crippen LogP contribution in [0.1, 0.15) is 60.9 Å². The molecule has 1 amide bonds. The first-order valence-electron chi connectivity index (χ1n) is 10.8. The number of pyridine rings is 1. The molecule has 0 saturated heterocycles. The van der Waals surface area contributed by atoms with Gasteiger partial charge in [0, 0.05) is 31.2 Å². The second kappa shape index (κ2) is 7.23. The lowest BCUT2D eigenvalue weighted by atomic mass is 9.97. The summed E-state index contributed by atoms with van der Waals surface area (Å²) in [5.41, 5.74) is 3.97. The van der Waals surface area contributed by atoms with E-state index >= 15 is 0 Å². The number of allylic oxidation sites excluding steroid dienone is 1. The average Bonchev–Trinajstić information content (AvgIpc) is 3.46. The van der Waals surface area contributed by atoms with Crippen LogP contribution in [0.25, 0.3) is 10.9 Å². The van der Waals surface area contributed by atoms with E-state index < -0.39 is 0 Å². The first kappa shape index (κ1) is 17.7. The summed E-state index contributed by atoms with van der Waals surface area (Å²) in [5, 5.41) is 0.696. The molecule has 0 bridgehead atoms. The van der Waals surface area contributed by atoms with Crippen LogP contribution >= 0.6 is 0 Å². The summed E-state index contributed by atoms with van der Waals surface area (Å²) >= 11 is 0. The average molecular weight is 377 g/mol. The zero-order valence-corrected chi connectivity index (χ0v) is 16.5. The molecule has 4 nitrogen and oxygen atoms in total. The Labute approximate surface area is 165 Å². The molecule has 0 atom stereocenters. The van der Waals surface area contributed by atoms with E-state index in [4.69, 9.17) is 0 Å². The van der Waals surface area contributed by atoms with Crippen molar-refractivity contribution < 1.29 is 4.79 Å². The minimum absolute atomic E-state index is 0.0729. The number of aromatic nitrogens is 1. The molecular weight excluding hydrogens is 348 g/mol. The molecule has 5 rings (SSSR count). The standard InChI is InChI=1S/C24H28N2O2/c27-23-20-8-4-7-19-12-14-25(22(19)20)16-21(23)24(28)26(15-18-9-10-18)13-11-17-5-2-1-3-6-17/h4-5,7-8,16,18H,1-3,6,9-15H2. The highest BCUT2D eigenvalue weighted by Gasteiger charge is 2.29. The fourth-order valence-corrected chi connectivity index (χ4v) is 4.78. The Balaban J connectivity index is 1.45. The summed E-state index contributed by atoms with van der Waals surface area (Å²) in [6.07, 6.45) is 13.4. The number of amides is 1. The zero-order chi connectivity index (χ0) is 19.1. The lowest BCUT2D eigenvalue weighted by molar-refractivity contribution is 0.0747. The molecule has 1 fully saturated rings. The summed E-state index contributed by atoms with van der Waals surface area (Å²) in [5.74, 6) is 0.547. The van der Waals surface area contributed by atoms with Gasteiger partial charge in [-0.2, -0.15) is 0 Å². The van der Waals surface area contributed by atoms with E-state index in [0.29, 0.717) is 16.9 Å². The predicted octanol–water partition coefficient (Wildman–Crippen LogP) is 4.30. The van der Waals surface area contributed by atoms with Crippen LogP contribution in [-0.4, -0.2) is 28.5 Å². The number of hydrogen-bond donors (Lipinski definition) is 0. The van der Waals surface area contributed by atoms with Crippen LogP contribution in [0.2, 0.25) is 0 Å². The van der Waals surface area contributed by atoms with Crippen LogP contribution < -0.4 is 5.43 Å². The number of nitrogens with zero attached hydrogens (tertiary/aromatic N) is 2. The lowest BCUT2D eigenvalue weighted by Crippen LogP contribution is -2.37. The Morgan fingerprint density at radius 1 is 1.18 bits per heavy atom. The molecule has 0 radical (unpaired) electrons. The molecule has 0 unspecified atom stereocenters. The highest BCUT2D eigenvalue weighted by atomic mass is 16.2. The van der Waals surface area contributed by atoms with Gasteiger partial charge in [-0.1, -0.05) is 23.8 Å². The van der Waals surface area contributed by atoms with Gasteiger partial charge in [0.1, 0.15) is 5.56 Å². The van der Waals surface area contributed by atoms with Gasteiger partial charge in [-0.3, -0.25) is 9.59 Å². The quantitative estimate of drug-likeness (QED) is 0.706. The van der Waals surface area contributed by atoms with Crippen molar-refractivity contribution in [2.45, 2.75) is 57.9 Å². The third kappa shape index (κ3) is 3.30. The summed E-state index contributed by atoms with van der Waals surface area (Å²) in [6.45, 7) is 2.38. The van der Waals surface area contributed by atoms with E-state index in [-0.39, 0.29) is 11.3 Å². The monoisotopic (exact) mass is 376 g/mol. The van der Waals surface area contributed by atoms with Gasteiger partial charge in [0.25, 0.3) is 5.91 Å². The van der Waals surface area contributed by atoms with Crippen molar-refractivity contribution in [1.82, 2.24) is 9.47 Å². The Kier molecular flexibility index (Phi) is 4.58. The third-order valence-corrected chi connectivity index (χ3v) is 6.58. The molecule has 1 aromatic carbocycles. The SMILES string of the molecule is O=C(c1cn2c3c(cccc3c1=O)CC2)N(CCC1=CCCCC1)CC1CC1. The van der Waals surface area contributed by atoms with E-state index in [1.165, 1.54) is 43.2 Å². The van der Waals surface area contributed by atoms with Crippen molar-refractivity contribution in [2.24, 2.45) is 5.92 Å². The highest BCUT2D eigenvalue weighted by Crippen LogP contribution is 2.31. The van der Waals surface area contributed by atoms with Crippen LogP contribution in [0.4, 0.5) is 0 Å². The maximum atomic E-state index is 13.4. The van der Waals surface area contributed by atoms with Gasteiger partial charge in [-0.25, -0.2) is 0 Å². The molecule has 3 aliphatic rings. The van der Waals surface area contributed by atoms with E-state index in [2.05, 4.69) is 16.7 Å². The lowest BCUT2D eigenvalue weighted by Gasteiger charge is -2.24.